The Labute approximate surface area is 108 Å². The molecule has 1 aliphatic heterocycles. The number of thiophene rings is 1. The van der Waals surface area contributed by atoms with Gasteiger partial charge in [0.25, 0.3) is 0 Å². The number of ether oxygens (including phenoxy) is 1. The van der Waals surface area contributed by atoms with Gasteiger partial charge in [0, 0.05) is 30.2 Å². The molecule has 0 radical (unpaired) electrons. The summed E-state index contributed by atoms with van der Waals surface area (Å²) in [6.45, 7) is 6.44. The Morgan fingerprint density at radius 3 is 2.94 bits per heavy atom. The first-order valence-electron chi connectivity index (χ1n) is 6.64. The van der Waals surface area contributed by atoms with Crippen LogP contribution in [0.2, 0.25) is 0 Å². The fourth-order valence-electron chi connectivity index (χ4n) is 2.40. The van der Waals surface area contributed by atoms with Crippen LogP contribution >= 0.6 is 11.3 Å². The van der Waals surface area contributed by atoms with E-state index in [0.29, 0.717) is 18.0 Å². The minimum absolute atomic E-state index is 0.498. The van der Waals surface area contributed by atoms with Gasteiger partial charge in [-0.1, -0.05) is 19.9 Å². The summed E-state index contributed by atoms with van der Waals surface area (Å²) in [6.07, 6.45) is 3.58. The van der Waals surface area contributed by atoms with Crippen molar-refractivity contribution in [2.75, 3.05) is 13.2 Å². The van der Waals surface area contributed by atoms with Gasteiger partial charge in [-0.2, -0.15) is 0 Å². The topological polar surface area (TPSA) is 21.3 Å². The predicted octanol–water partition coefficient (Wildman–Crippen LogP) is 3.60. The Morgan fingerprint density at radius 2 is 2.24 bits per heavy atom. The Hall–Kier alpha value is -0.380. The number of hydrogen-bond donors (Lipinski definition) is 1. The van der Waals surface area contributed by atoms with E-state index >= 15 is 0 Å². The van der Waals surface area contributed by atoms with Crippen molar-refractivity contribution < 1.29 is 4.74 Å². The fraction of sp³-hybridized carbons (Fsp3) is 0.714. The maximum absolute atomic E-state index is 5.52. The SMILES string of the molecule is CC(C)C(NC1CCCOCC1)c1cccs1. The summed E-state index contributed by atoms with van der Waals surface area (Å²) < 4.78 is 5.52. The van der Waals surface area contributed by atoms with Crippen LogP contribution in [-0.4, -0.2) is 19.3 Å². The highest BCUT2D eigenvalue weighted by molar-refractivity contribution is 7.10. The molecule has 3 heteroatoms. The van der Waals surface area contributed by atoms with E-state index in [1.54, 1.807) is 0 Å². The zero-order chi connectivity index (χ0) is 12.1. The molecule has 1 saturated heterocycles. The van der Waals surface area contributed by atoms with E-state index in [4.69, 9.17) is 4.74 Å². The maximum atomic E-state index is 5.52. The zero-order valence-corrected chi connectivity index (χ0v) is 11.6. The van der Waals surface area contributed by atoms with Gasteiger partial charge in [-0.15, -0.1) is 11.3 Å². The van der Waals surface area contributed by atoms with Gasteiger partial charge in [0.05, 0.1) is 0 Å². The second-order valence-corrected chi connectivity index (χ2v) is 6.12. The molecule has 0 aromatic carbocycles. The van der Waals surface area contributed by atoms with Crippen molar-refractivity contribution in [3.63, 3.8) is 0 Å². The third-order valence-electron chi connectivity index (χ3n) is 3.38. The molecule has 17 heavy (non-hydrogen) atoms. The molecule has 1 aromatic heterocycles. The lowest BCUT2D eigenvalue weighted by molar-refractivity contribution is 0.142. The fourth-order valence-corrected chi connectivity index (χ4v) is 3.35. The van der Waals surface area contributed by atoms with Crippen LogP contribution in [0.25, 0.3) is 0 Å². The maximum Gasteiger partial charge on any atom is 0.0480 e. The molecule has 2 unspecified atom stereocenters. The van der Waals surface area contributed by atoms with Crippen LogP contribution < -0.4 is 5.32 Å². The Balaban J connectivity index is 1.97. The average molecular weight is 253 g/mol. The number of hydrogen-bond acceptors (Lipinski definition) is 3. The average Bonchev–Trinajstić information content (AvgIpc) is 2.70. The molecule has 0 bridgehead atoms. The van der Waals surface area contributed by atoms with Crippen molar-refractivity contribution in [3.8, 4) is 0 Å². The van der Waals surface area contributed by atoms with Crippen LogP contribution in [0.3, 0.4) is 0 Å². The molecule has 2 atom stereocenters. The van der Waals surface area contributed by atoms with E-state index in [0.717, 1.165) is 19.6 Å². The highest BCUT2D eigenvalue weighted by atomic mass is 32.1. The van der Waals surface area contributed by atoms with Crippen molar-refractivity contribution in [1.29, 1.82) is 0 Å². The molecular weight excluding hydrogens is 230 g/mol. The van der Waals surface area contributed by atoms with Crippen LogP contribution in [0.4, 0.5) is 0 Å². The predicted molar refractivity (Wildman–Crippen MR) is 73.5 cm³/mol. The van der Waals surface area contributed by atoms with Crippen molar-refractivity contribution in [2.24, 2.45) is 5.92 Å². The zero-order valence-electron chi connectivity index (χ0n) is 10.8. The van der Waals surface area contributed by atoms with Gasteiger partial charge in [0.1, 0.15) is 0 Å². The quantitative estimate of drug-likeness (QED) is 0.885. The molecule has 0 saturated carbocycles. The molecule has 2 nitrogen and oxygen atoms in total. The van der Waals surface area contributed by atoms with Gasteiger partial charge in [-0.3, -0.25) is 0 Å². The lowest BCUT2D eigenvalue weighted by atomic mass is 9.99. The van der Waals surface area contributed by atoms with Crippen molar-refractivity contribution >= 4 is 11.3 Å². The molecule has 96 valence electrons. The van der Waals surface area contributed by atoms with E-state index in [-0.39, 0.29) is 0 Å². The van der Waals surface area contributed by atoms with Gasteiger partial charge in [0.2, 0.25) is 0 Å². The van der Waals surface area contributed by atoms with Crippen LogP contribution in [-0.2, 0) is 4.74 Å². The molecule has 1 aliphatic rings. The van der Waals surface area contributed by atoms with E-state index in [9.17, 15) is 0 Å². The lowest BCUT2D eigenvalue weighted by Gasteiger charge is -2.27. The van der Waals surface area contributed by atoms with E-state index in [2.05, 4.69) is 36.7 Å². The minimum Gasteiger partial charge on any atom is -0.381 e. The third kappa shape index (κ3) is 3.80. The summed E-state index contributed by atoms with van der Waals surface area (Å²) in [6, 6.07) is 5.51. The molecule has 0 aliphatic carbocycles. The summed E-state index contributed by atoms with van der Waals surface area (Å²) in [5.74, 6) is 0.637. The van der Waals surface area contributed by atoms with E-state index < -0.39 is 0 Å². The highest BCUT2D eigenvalue weighted by Gasteiger charge is 2.21. The standard InChI is InChI=1S/C14H23NOS/c1-11(2)14(13-6-4-10-17-13)15-12-5-3-8-16-9-7-12/h4,6,10-12,14-15H,3,5,7-9H2,1-2H3. The first-order chi connectivity index (χ1) is 8.27. The molecule has 2 heterocycles. The monoisotopic (exact) mass is 253 g/mol. The Kier molecular flexibility index (Phi) is 5.01. The minimum atomic E-state index is 0.498. The molecule has 0 spiro atoms. The van der Waals surface area contributed by atoms with Gasteiger partial charge >= 0.3 is 0 Å². The second kappa shape index (κ2) is 6.53. The van der Waals surface area contributed by atoms with E-state index in [1.165, 1.54) is 17.7 Å². The number of rotatable bonds is 4. The summed E-state index contributed by atoms with van der Waals surface area (Å²) in [5, 5.41) is 6.00. The molecule has 1 N–H and O–H groups in total. The largest absolute Gasteiger partial charge is 0.381 e. The summed E-state index contributed by atoms with van der Waals surface area (Å²) in [7, 11) is 0. The Morgan fingerprint density at radius 1 is 1.35 bits per heavy atom. The van der Waals surface area contributed by atoms with Crippen molar-refractivity contribution in [2.45, 2.75) is 45.2 Å². The molecule has 2 rings (SSSR count). The highest BCUT2D eigenvalue weighted by Crippen LogP contribution is 2.27. The van der Waals surface area contributed by atoms with Crippen LogP contribution in [0.5, 0.6) is 0 Å². The van der Waals surface area contributed by atoms with Crippen LogP contribution in [0.1, 0.15) is 44.0 Å². The molecule has 1 aromatic rings. The van der Waals surface area contributed by atoms with Gasteiger partial charge in [-0.25, -0.2) is 0 Å². The first-order valence-corrected chi connectivity index (χ1v) is 7.52. The molecule has 1 fully saturated rings. The normalized spacial score (nSPS) is 23.6. The second-order valence-electron chi connectivity index (χ2n) is 5.14. The third-order valence-corrected chi connectivity index (χ3v) is 4.34. The summed E-state index contributed by atoms with van der Waals surface area (Å²) >= 11 is 1.86. The summed E-state index contributed by atoms with van der Waals surface area (Å²) in [4.78, 5) is 1.46. The summed E-state index contributed by atoms with van der Waals surface area (Å²) in [5.41, 5.74) is 0. The lowest BCUT2D eigenvalue weighted by Crippen LogP contribution is -2.35. The smallest absolute Gasteiger partial charge is 0.0480 e. The number of nitrogens with one attached hydrogen (secondary N) is 1. The van der Waals surface area contributed by atoms with Crippen LogP contribution in [0.15, 0.2) is 17.5 Å². The van der Waals surface area contributed by atoms with Crippen molar-refractivity contribution in [1.82, 2.24) is 5.32 Å². The molecule has 0 amide bonds. The van der Waals surface area contributed by atoms with E-state index in [1.807, 2.05) is 11.3 Å². The molecular formula is C14H23NOS. The van der Waals surface area contributed by atoms with Crippen molar-refractivity contribution in [3.05, 3.63) is 22.4 Å². The Bertz CT molecular complexity index is 302. The van der Waals surface area contributed by atoms with Gasteiger partial charge in [0.15, 0.2) is 0 Å². The van der Waals surface area contributed by atoms with Gasteiger partial charge < -0.3 is 10.1 Å². The first kappa shape index (κ1) is 13.1. The van der Waals surface area contributed by atoms with Crippen LogP contribution in [0, 0.1) is 5.92 Å². The van der Waals surface area contributed by atoms with Gasteiger partial charge in [-0.05, 0) is 36.6 Å².